The third kappa shape index (κ3) is 3.83. The Hall–Kier alpha value is -3.12. The Morgan fingerprint density at radius 1 is 1.10 bits per heavy atom. The lowest BCUT2D eigenvalue weighted by atomic mass is 10.0. The summed E-state index contributed by atoms with van der Waals surface area (Å²) in [4.78, 5) is 23.5. The summed E-state index contributed by atoms with van der Waals surface area (Å²) in [6.07, 6.45) is 5.17. The number of rotatable bonds is 5. The quantitative estimate of drug-likeness (QED) is 0.590. The molecule has 0 bridgehead atoms. The minimum Gasteiger partial charge on any atom is -0.496 e. The SMILES string of the molecule is COc1ncc(-c2ccc(C(=O)N3CCC[C@@H]3c3ccccc3Cl)cc2OC)cn1. The van der Waals surface area contributed by atoms with Crippen LogP contribution in [-0.2, 0) is 0 Å². The number of hydrogen-bond acceptors (Lipinski definition) is 5. The summed E-state index contributed by atoms with van der Waals surface area (Å²) in [5.74, 6) is 0.552. The average molecular weight is 424 g/mol. The molecule has 1 aliphatic rings. The molecular formula is C23H22ClN3O3. The van der Waals surface area contributed by atoms with Crippen LogP contribution in [0.15, 0.2) is 54.9 Å². The molecule has 7 heteroatoms. The molecule has 0 aliphatic carbocycles. The van der Waals surface area contributed by atoms with Crippen LogP contribution >= 0.6 is 11.6 Å². The van der Waals surface area contributed by atoms with E-state index in [4.69, 9.17) is 21.1 Å². The number of benzene rings is 2. The molecule has 1 fully saturated rings. The lowest BCUT2D eigenvalue weighted by Gasteiger charge is -2.26. The van der Waals surface area contributed by atoms with E-state index in [1.54, 1.807) is 25.6 Å². The molecule has 1 saturated heterocycles. The monoisotopic (exact) mass is 423 g/mol. The number of likely N-dealkylation sites (tertiary alicyclic amines) is 1. The van der Waals surface area contributed by atoms with E-state index < -0.39 is 0 Å². The molecule has 154 valence electrons. The van der Waals surface area contributed by atoms with Crippen molar-refractivity contribution < 1.29 is 14.3 Å². The predicted octanol–water partition coefficient (Wildman–Crippen LogP) is 4.79. The first-order valence-electron chi connectivity index (χ1n) is 9.72. The Bertz CT molecular complexity index is 1060. The molecule has 6 nitrogen and oxygen atoms in total. The molecule has 1 aromatic heterocycles. The fourth-order valence-electron chi connectivity index (χ4n) is 3.87. The summed E-state index contributed by atoms with van der Waals surface area (Å²) in [6.45, 7) is 0.700. The zero-order valence-electron chi connectivity index (χ0n) is 16.8. The third-order valence-corrected chi connectivity index (χ3v) is 5.69. The fourth-order valence-corrected chi connectivity index (χ4v) is 4.13. The van der Waals surface area contributed by atoms with E-state index in [1.807, 2.05) is 41.3 Å². The van der Waals surface area contributed by atoms with E-state index in [1.165, 1.54) is 7.11 Å². The van der Waals surface area contributed by atoms with Gasteiger partial charge in [-0.05, 0) is 42.7 Å². The maximum Gasteiger partial charge on any atom is 0.316 e. The van der Waals surface area contributed by atoms with Gasteiger partial charge in [0.2, 0.25) is 0 Å². The van der Waals surface area contributed by atoms with Crippen molar-refractivity contribution in [1.82, 2.24) is 14.9 Å². The summed E-state index contributed by atoms with van der Waals surface area (Å²) in [5.41, 5.74) is 3.15. The van der Waals surface area contributed by atoms with E-state index in [0.717, 1.165) is 29.5 Å². The second-order valence-corrected chi connectivity index (χ2v) is 7.46. The highest BCUT2D eigenvalue weighted by Crippen LogP contribution is 2.37. The van der Waals surface area contributed by atoms with Gasteiger partial charge in [0.25, 0.3) is 5.91 Å². The number of hydrogen-bond donors (Lipinski definition) is 0. The van der Waals surface area contributed by atoms with Crippen LogP contribution < -0.4 is 9.47 Å². The number of aromatic nitrogens is 2. The fraction of sp³-hybridized carbons (Fsp3) is 0.261. The van der Waals surface area contributed by atoms with Gasteiger partial charge in [-0.3, -0.25) is 4.79 Å². The Balaban J connectivity index is 1.63. The zero-order chi connectivity index (χ0) is 21.1. The number of ether oxygens (including phenoxy) is 2. The molecule has 30 heavy (non-hydrogen) atoms. The average Bonchev–Trinajstić information content (AvgIpc) is 3.28. The van der Waals surface area contributed by atoms with E-state index in [-0.39, 0.29) is 11.9 Å². The van der Waals surface area contributed by atoms with Gasteiger partial charge in [-0.1, -0.05) is 29.8 Å². The van der Waals surface area contributed by atoms with Crippen LogP contribution in [0.1, 0.15) is 34.8 Å². The number of carbonyl (C=O) groups excluding carboxylic acids is 1. The molecule has 1 aliphatic heterocycles. The van der Waals surface area contributed by atoms with E-state index in [2.05, 4.69) is 9.97 Å². The van der Waals surface area contributed by atoms with Gasteiger partial charge in [0.15, 0.2) is 0 Å². The first-order valence-corrected chi connectivity index (χ1v) is 10.1. The molecule has 1 amide bonds. The molecule has 1 atom stereocenters. The Morgan fingerprint density at radius 2 is 1.87 bits per heavy atom. The van der Waals surface area contributed by atoms with Crippen molar-refractivity contribution in [3.8, 4) is 22.9 Å². The molecule has 0 unspecified atom stereocenters. The van der Waals surface area contributed by atoms with Crippen LogP contribution in [-0.4, -0.2) is 41.5 Å². The second-order valence-electron chi connectivity index (χ2n) is 7.05. The van der Waals surface area contributed by atoms with Gasteiger partial charge in [-0.15, -0.1) is 0 Å². The van der Waals surface area contributed by atoms with Gasteiger partial charge in [0, 0.05) is 40.7 Å². The molecule has 0 spiro atoms. The standard InChI is InChI=1S/C23H22ClN3O3/c1-29-21-12-15(9-10-17(21)16-13-25-23(30-2)26-14-16)22(28)27-11-5-8-20(27)18-6-3-4-7-19(18)24/h3-4,6-7,9-10,12-14,20H,5,8,11H2,1-2H3/t20-/m1/s1. The third-order valence-electron chi connectivity index (χ3n) is 5.35. The van der Waals surface area contributed by atoms with Crippen molar-refractivity contribution in [2.75, 3.05) is 20.8 Å². The highest BCUT2D eigenvalue weighted by molar-refractivity contribution is 6.31. The minimum absolute atomic E-state index is 0.0214. The molecule has 2 heterocycles. The highest BCUT2D eigenvalue weighted by atomic mass is 35.5. The minimum atomic E-state index is -0.0340. The zero-order valence-corrected chi connectivity index (χ0v) is 17.6. The van der Waals surface area contributed by atoms with E-state index in [0.29, 0.717) is 28.9 Å². The highest BCUT2D eigenvalue weighted by Gasteiger charge is 2.32. The summed E-state index contributed by atoms with van der Waals surface area (Å²) in [7, 11) is 3.10. The molecule has 3 aromatic rings. The molecule has 0 radical (unpaired) electrons. The number of nitrogens with zero attached hydrogens (tertiary/aromatic N) is 3. The first-order chi connectivity index (χ1) is 14.6. The first kappa shape index (κ1) is 20.2. The Kier molecular flexibility index (Phi) is 5.86. The van der Waals surface area contributed by atoms with E-state index >= 15 is 0 Å². The second kappa shape index (κ2) is 8.71. The number of methoxy groups -OCH3 is 2. The van der Waals surface area contributed by atoms with Crippen molar-refractivity contribution in [3.05, 3.63) is 71.0 Å². The van der Waals surface area contributed by atoms with Crippen molar-refractivity contribution in [3.63, 3.8) is 0 Å². The van der Waals surface area contributed by atoms with Gasteiger partial charge in [0.1, 0.15) is 5.75 Å². The summed E-state index contributed by atoms with van der Waals surface area (Å²) < 4.78 is 10.6. The van der Waals surface area contributed by atoms with Crippen LogP contribution in [0.5, 0.6) is 11.8 Å². The number of halogens is 1. The van der Waals surface area contributed by atoms with Crippen LogP contribution in [0.4, 0.5) is 0 Å². The van der Waals surface area contributed by atoms with Gasteiger partial charge < -0.3 is 14.4 Å². The summed E-state index contributed by atoms with van der Waals surface area (Å²) >= 11 is 6.40. The lowest BCUT2D eigenvalue weighted by Crippen LogP contribution is -2.30. The van der Waals surface area contributed by atoms with Crippen molar-refractivity contribution in [1.29, 1.82) is 0 Å². The van der Waals surface area contributed by atoms with Crippen molar-refractivity contribution in [2.45, 2.75) is 18.9 Å². The van der Waals surface area contributed by atoms with Crippen LogP contribution in [0.2, 0.25) is 5.02 Å². The smallest absolute Gasteiger partial charge is 0.316 e. The molecular weight excluding hydrogens is 402 g/mol. The largest absolute Gasteiger partial charge is 0.496 e. The maximum atomic E-state index is 13.3. The number of carbonyl (C=O) groups is 1. The predicted molar refractivity (Wildman–Crippen MR) is 115 cm³/mol. The van der Waals surface area contributed by atoms with Gasteiger partial charge in [-0.25, -0.2) is 9.97 Å². The van der Waals surface area contributed by atoms with Crippen molar-refractivity contribution >= 4 is 17.5 Å². The molecule has 4 rings (SSSR count). The van der Waals surface area contributed by atoms with E-state index in [9.17, 15) is 4.79 Å². The summed E-state index contributed by atoms with van der Waals surface area (Å²) in [5, 5.41) is 0.689. The molecule has 0 saturated carbocycles. The molecule has 2 aromatic carbocycles. The molecule has 0 N–H and O–H groups in total. The van der Waals surface area contributed by atoms with Gasteiger partial charge >= 0.3 is 6.01 Å². The van der Waals surface area contributed by atoms with Gasteiger partial charge in [-0.2, -0.15) is 0 Å². The lowest BCUT2D eigenvalue weighted by molar-refractivity contribution is 0.0735. The number of amides is 1. The van der Waals surface area contributed by atoms with Gasteiger partial charge in [0.05, 0.1) is 20.3 Å². The van der Waals surface area contributed by atoms with Crippen LogP contribution in [0.25, 0.3) is 11.1 Å². The van der Waals surface area contributed by atoms with Crippen molar-refractivity contribution in [2.24, 2.45) is 0 Å². The summed E-state index contributed by atoms with van der Waals surface area (Å²) in [6, 6.07) is 13.4. The van der Waals surface area contributed by atoms with Crippen LogP contribution in [0, 0.1) is 0 Å². The van der Waals surface area contributed by atoms with Crippen LogP contribution in [0.3, 0.4) is 0 Å². The Morgan fingerprint density at radius 3 is 2.57 bits per heavy atom. The topological polar surface area (TPSA) is 64.5 Å². The Labute approximate surface area is 180 Å². The normalized spacial score (nSPS) is 15.8. The maximum absolute atomic E-state index is 13.3.